The summed E-state index contributed by atoms with van der Waals surface area (Å²) in [5.41, 5.74) is -1.47. The van der Waals surface area contributed by atoms with E-state index in [1.165, 1.54) is 18.3 Å². The second kappa shape index (κ2) is 6.63. The molecule has 0 radical (unpaired) electrons. The van der Waals surface area contributed by atoms with E-state index in [0.717, 1.165) is 37.8 Å². The van der Waals surface area contributed by atoms with E-state index in [9.17, 15) is 27.9 Å². The fraction of sp³-hybridized carbons (Fsp3) is 0.368. The molecule has 1 aromatic heterocycles. The van der Waals surface area contributed by atoms with E-state index in [4.69, 9.17) is 0 Å². The Morgan fingerprint density at radius 3 is 2.46 bits per heavy atom. The van der Waals surface area contributed by atoms with E-state index in [-0.39, 0.29) is 17.2 Å². The summed E-state index contributed by atoms with van der Waals surface area (Å²) in [5, 5.41) is 9.39. The molecule has 1 heterocycles. The molecular formula is C19H18F3NO3. The van der Waals surface area contributed by atoms with Crippen LogP contribution in [0.2, 0.25) is 0 Å². The van der Waals surface area contributed by atoms with Gasteiger partial charge in [0.05, 0.1) is 5.56 Å². The minimum absolute atomic E-state index is 0.0166. The number of alkyl halides is 3. The lowest BCUT2D eigenvalue weighted by Gasteiger charge is -2.21. The van der Waals surface area contributed by atoms with Crippen LogP contribution in [-0.4, -0.2) is 15.6 Å². The molecule has 1 saturated carbocycles. The number of benzene rings is 1. The van der Waals surface area contributed by atoms with E-state index in [1.54, 1.807) is 11.5 Å². The van der Waals surface area contributed by atoms with Crippen molar-refractivity contribution in [2.45, 2.75) is 44.8 Å². The van der Waals surface area contributed by atoms with Gasteiger partial charge in [0.1, 0.15) is 5.56 Å². The molecule has 26 heavy (non-hydrogen) atoms. The largest absolute Gasteiger partial charge is 0.477 e. The van der Waals surface area contributed by atoms with E-state index < -0.39 is 28.7 Å². The molecule has 0 spiro atoms. The molecule has 1 N–H and O–H groups in total. The highest BCUT2D eigenvalue weighted by atomic mass is 19.4. The van der Waals surface area contributed by atoms with E-state index in [2.05, 4.69) is 0 Å². The van der Waals surface area contributed by atoms with Gasteiger partial charge in [0, 0.05) is 23.5 Å². The summed E-state index contributed by atoms with van der Waals surface area (Å²) in [4.78, 5) is 24.2. The number of rotatable bonds is 3. The predicted octanol–water partition coefficient (Wildman–Crippen LogP) is 4.66. The van der Waals surface area contributed by atoms with Crippen LogP contribution in [0.3, 0.4) is 0 Å². The summed E-state index contributed by atoms with van der Waals surface area (Å²) in [6.45, 7) is 1.65. The molecule has 0 aliphatic heterocycles. The van der Waals surface area contributed by atoms with Crippen molar-refractivity contribution in [3.05, 3.63) is 57.5 Å². The minimum Gasteiger partial charge on any atom is -0.477 e. The van der Waals surface area contributed by atoms with Gasteiger partial charge in [-0.3, -0.25) is 4.79 Å². The van der Waals surface area contributed by atoms with Crippen LogP contribution in [0, 0.1) is 6.92 Å². The summed E-state index contributed by atoms with van der Waals surface area (Å²) < 4.78 is 40.9. The number of aromatic nitrogens is 1. The smallest absolute Gasteiger partial charge is 0.416 e. The zero-order valence-electron chi connectivity index (χ0n) is 14.1. The van der Waals surface area contributed by atoms with E-state index in [1.807, 2.05) is 0 Å². The third kappa shape index (κ3) is 3.25. The lowest BCUT2D eigenvalue weighted by atomic mass is 9.98. The molecule has 1 aromatic carbocycles. The van der Waals surface area contributed by atoms with Crippen LogP contribution in [-0.2, 0) is 6.18 Å². The second-order valence-electron chi connectivity index (χ2n) is 6.56. The highest BCUT2D eigenvalue weighted by Gasteiger charge is 2.31. The molecule has 1 fully saturated rings. The topological polar surface area (TPSA) is 59.3 Å². The van der Waals surface area contributed by atoms with Gasteiger partial charge in [-0.05, 0) is 37.5 Å². The van der Waals surface area contributed by atoms with Crippen molar-refractivity contribution >= 4 is 5.97 Å². The van der Waals surface area contributed by atoms with Crippen molar-refractivity contribution in [1.29, 1.82) is 0 Å². The van der Waals surface area contributed by atoms with Gasteiger partial charge in [0.25, 0.3) is 0 Å². The summed E-state index contributed by atoms with van der Waals surface area (Å²) in [6.07, 6.45) is 0.483. The first-order valence-corrected chi connectivity index (χ1v) is 8.37. The Morgan fingerprint density at radius 1 is 1.23 bits per heavy atom. The molecule has 138 valence electrons. The van der Waals surface area contributed by atoms with Crippen molar-refractivity contribution in [3.63, 3.8) is 0 Å². The zero-order valence-corrected chi connectivity index (χ0v) is 14.1. The van der Waals surface area contributed by atoms with Crippen LogP contribution in [0.1, 0.15) is 53.3 Å². The standard InChI is InChI=1S/C19H18F3NO3/c1-11-16(12-5-4-6-13(9-12)19(20,21)22)17(24)15(18(25)26)10-23(11)14-7-2-3-8-14/h4-6,9-10,14H,2-3,7-8H2,1H3,(H,25,26). The molecule has 2 aromatic rings. The number of carboxylic acids is 1. The molecule has 0 saturated heterocycles. The first kappa shape index (κ1) is 18.2. The summed E-state index contributed by atoms with van der Waals surface area (Å²) in [5.74, 6) is -1.38. The third-order valence-corrected chi connectivity index (χ3v) is 4.92. The van der Waals surface area contributed by atoms with E-state index >= 15 is 0 Å². The highest BCUT2D eigenvalue weighted by Crippen LogP contribution is 2.35. The number of hydrogen-bond acceptors (Lipinski definition) is 2. The Morgan fingerprint density at radius 2 is 1.88 bits per heavy atom. The Bertz CT molecular complexity index is 909. The maximum Gasteiger partial charge on any atom is 0.416 e. The monoisotopic (exact) mass is 365 g/mol. The average molecular weight is 365 g/mol. The van der Waals surface area contributed by atoms with Gasteiger partial charge in [-0.25, -0.2) is 4.79 Å². The molecule has 3 rings (SSSR count). The van der Waals surface area contributed by atoms with Crippen LogP contribution in [0.15, 0.2) is 35.3 Å². The first-order valence-electron chi connectivity index (χ1n) is 8.37. The zero-order chi connectivity index (χ0) is 19.1. The van der Waals surface area contributed by atoms with Gasteiger partial charge < -0.3 is 9.67 Å². The van der Waals surface area contributed by atoms with Crippen LogP contribution >= 0.6 is 0 Å². The number of carbonyl (C=O) groups is 1. The quantitative estimate of drug-likeness (QED) is 0.861. The van der Waals surface area contributed by atoms with Gasteiger partial charge in [-0.1, -0.05) is 25.0 Å². The fourth-order valence-corrected chi connectivity index (χ4v) is 3.63. The van der Waals surface area contributed by atoms with Crippen LogP contribution in [0.4, 0.5) is 13.2 Å². The Kier molecular flexibility index (Phi) is 4.64. The van der Waals surface area contributed by atoms with Crippen molar-refractivity contribution in [2.24, 2.45) is 0 Å². The normalized spacial score (nSPS) is 15.4. The van der Waals surface area contributed by atoms with Crippen molar-refractivity contribution in [1.82, 2.24) is 4.57 Å². The number of carboxylic acid groups (broad SMARTS) is 1. The van der Waals surface area contributed by atoms with Crippen LogP contribution < -0.4 is 5.43 Å². The molecule has 1 aliphatic rings. The van der Waals surface area contributed by atoms with Crippen LogP contribution in [0.5, 0.6) is 0 Å². The SMILES string of the molecule is Cc1c(-c2cccc(C(F)(F)F)c2)c(=O)c(C(=O)O)cn1C1CCCC1. The first-order chi connectivity index (χ1) is 12.2. The number of aromatic carboxylic acids is 1. The molecule has 0 atom stereocenters. The summed E-state index contributed by atoms with van der Waals surface area (Å²) in [6, 6.07) is 4.51. The molecule has 0 amide bonds. The average Bonchev–Trinajstić information content (AvgIpc) is 3.08. The molecule has 0 bridgehead atoms. The van der Waals surface area contributed by atoms with Gasteiger partial charge in [0.15, 0.2) is 0 Å². The molecule has 4 nitrogen and oxygen atoms in total. The van der Waals surface area contributed by atoms with Crippen LogP contribution in [0.25, 0.3) is 11.1 Å². The van der Waals surface area contributed by atoms with Crippen molar-refractivity contribution < 1.29 is 23.1 Å². The van der Waals surface area contributed by atoms with Gasteiger partial charge >= 0.3 is 12.1 Å². The Hall–Kier alpha value is -2.57. The number of halogens is 3. The third-order valence-electron chi connectivity index (χ3n) is 4.92. The van der Waals surface area contributed by atoms with Crippen molar-refractivity contribution in [2.75, 3.05) is 0 Å². The molecule has 1 aliphatic carbocycles. The number of nitrogens with zero attached hydrogens (tertiary/aromatic N) is 1. The molecule has 7 heteroatoms. The second-order valence-corrected chi connectivity index (χ2v) is 6.56. The Balaban J connectivity index is 2.26. The van der Waals surface area contributed by atoms with Gasteiger partial charge in [-0.2, -0.15) is 13.2 Å². The van der Waals surface area contributed by atoms with Gasteiger partial charge in [-0.15, -0.1) is 0 Å². The Labute approximate surface area is 147 Å². The molecular weight excluding hydrogens is 347 g/mol. The summed E-state index contributed by atoms with van der Waals surface area (Å²) >= 11 is 0. The lowest BCUT2D eigenvalue weighted by Crippen LogP contribution is -2.24. The maximum absolute atomic E-state index is 13.0. The maximum atomic E-state index is 13.0. The van der Waals surface area contributed by atoms with E-state index in [0.29, 0.717) is 5.69 Å². The molecule has 0 unspecified atom stereocenters. The number of pyridine rings is 1. The predicted molar refractivity (Wildman–Crippen MR) is 90.3 cm³/mol. The lowest BCUT2D eigenvalue weighted by molar-refractivity contribution is -0.137. The number of hydrogen-bond donors (Lipinski definition) is 1. The van der Waals surface area contributed by atoms with Crippen molar-refractivity contribution in [3.8, 4) is 11.1 Å². The highest BCUT2D eigenvalue weighted by molar-refractivity contribution is 5.89. The minimum atomic E-state index is -4.54. The van der Waals surface area contributed by atoms with Gasteiger partial charge in [0.2, 0.25) is 5.43 Å². The summed E-state index contributed by atoms with van der Waals surface area (Å²) in [7, 11) is 0. The fourth-order valence-electron chi connectivity index (χ4n) is 3.63.